The maximum atomic E-state index is 12.1. The number of carbonyl (C=O) groups is 1. The Morgan fingerprint density at radius 2 is 2.16 bits per heavy atom. The van der Waals surface area contributed by atoms with Crippen LogP contribution in [0.5, 0.6) is 0 Å². The Morgan fingerprint density at radius 1 is 1.37 bits per heavy atom. The molecule has 19 heavy (non-hydrogen) atoms. The van der Waals surface area contributed by atoms with Crippen molar-refractivity contribution in [2.75, 3.05) is 40.3 Å². The number of likely N-dealkylation sites (N-methyl/N-ethyl adjacent to an activating group) is 2. The van der Waals surface area contributed by atoms with Crippen molar-refractivity contribution in [3.8, 4) is 0 Å². The fourth-order valence-electron chi connectivity index (χ4n) is 1.67. The van der Waals surface area contributed by atoms with Crippen molar-refractivity contribution >= 4 is 5.91 Å². The predicted molar refractivity (Wildman–Crippen MR) is 76.8 cm³/mol. The molecule has 0 fully saturated rings. The number of amides is 1. The summed E-state index contributed by atoms with van der Waals surface area (Å²) in [4.78, 5) is 20.2. The first-order valence-electron chi connectivity index (χ1n) is 6.65. The molecule has 0 spiro atoms. The van der Waals surface area contributed by atoms with Crippen LogP contribution in [-0.2, 0) is 11.3 Å². The van der Waals surface area contributed by atoms with Gasteiger partial charge in [-0.1, -0.05) is 13.0 Å². The number of hydrogen-bond donors (Lipinski definition) is 1. The minimum Gasteiger partial charge on any atom is -0.336 e. The molecule has 5 nitrogen and oxygen atoms in total. The highest BCUT2D eigenvalue weighted by Crippen LogP contribution is 2.03. The summed E-state index contributed by atoms with van der Waals surface area (Å²) < 4.78 is 0. The lowest BCUT2D eigenvalue weighted by Crippen LogP contribution is -2.41. The molecular formula is C14H24N4O. The van der Waals surface area contributed by atoms with Crippen LogP contribution in [-0.4, -0.2) is 61.0 Å². The average molecular weight is 264 g/mol. The largest absolute Gasteiger partial charge is 0.336 e. The van der Waals surface area contributed by atoms with Crippen LogP contribution in [0.3, 0.4) is 0 Å². The minimum absolute atomic E-state index is 0.132. The van der Waals surface area contributed by atoms with E-state index in [2.05, 4.69) is 15.2 Å². The van der Waals surface area contributed by atoms with E-state index >= 15 is 0 Å². The summed E-state index contributed by atoms with van der Waals surface area (Å²) in [5.41, 5.74) is 1.06. The fourth-order valence-corrected chi connectivity index (χ4v) is 1.67. The molecule has 106 valence electrons. The summed E-state index contributed by atoms with van der Waals surface area (Å²) in [6.07, 6.45) is 3.55. The van der Waals surface area contributed by atoms with Gasteiger partial charge in [0.2, 0.25) is 5.91 Å². The van der Waals surface area contributed by atoms with Gasteiger partial charge in [0.15, 0.2) is 0 Å². The number of aromatic nitrogens is 1. The Bertz CT molecular complexity index is 367. The zero-order valence-electron chi connectivity index (χ0n) is 12.1. The molecule has 0 aromatic carbocycles. The molecule has 0 bridgehead atoms. The third kappa shape index (κ3) is 6.31. The van der Waals surface area contributed by atoms with Gasteiger partial charge in [0.1, 0.15) is 0 Å². The van der Waals surface area contributed by atoms with Crippen molar-refractivity contribution in [3.05, 3.63) is 30.1 Å². The molecule has 0 saturated heterocycles. The first-order chi connectivity index (χ1) is 9.13. The van der Waals surface area contributed by atoms with Crippen molar-refractivity contribution in [2.45, 2.75) is 13.5 Å². The van der Waals surface area contributed by atoms with Crippen molar-refractivity contribution < 1.29 is 4.79 Å². The lowest BCUT2D eigenvalue weighted by molar-refractivity contribution is -0.131. The summed E-state index contributed by atoms with van der Waals surface area (Å²) in [7, 11) is 4.02. The quantitative estimate of drug-likeness (QED) is 0.746. The number of pyridine rings is 1. The van der Waals surface area contributed by atoms with E-state index in [4.69, 9.17) is 0 Å². The van der Waals surface area contributed by atoms with E-state index in [0.717, 1.165) is 25.2 Å². The summed E-state index contributed by atoms with van der Waals surface area (Å²) in [6, 6.07) is 3.89. The number of carbonyl (C=O) groups excluding carboxylic acids is 1. The second kappa shape index (κ2) is 8.61. The molecule has 0 radical (unpaired) electrons. The Morgan fingerprint density at radius 3 is 2.74 bits per heavy atom. The molecule has 0 aliphatic heterocycles. The second-order valence-corrected chi connectivity index (χ2v) is 4.76. The SMILES string of the molecule is CCNCC(=O)N(CCN(C)C)Cc1cccnc1. The van der Waals surface area contributed by atoms with E-state index in [1.54, 1.807) is 6.20 Å². The lowest BCUT2D eigenvalue weighted by atomic mass is 10.2. The predicted octanol–water partition coefficient (Wildman–Crippen LogP) is 0.581. The van der Waals surface area contributed by atoms with Gasteiger partial charge in [-0.05, 0) is 32.3 Å². The number of hydrogen-bond acceptors (Lipinski definition) is 4. The van der Waals surface area contributed by atoms with Gasteiger partial charge in [-0.25, -0.2) is 0 Å². The highest BCUT2D eigenvalue weighted by molar-refractivity contribution is 5.78. The van der Waals surface area contributed by atoms with E-state index < -0.39 is 0 Å². The van der Waals surface area contributed by atoms with Gasteiger partial charge in [0, 0.05) is 32.0 Å². The standard InChI is InChI=1S/C14H24N4O/c1-4-15-11-14(19)18(9-8-17(2)3)12-13-6-5-7-16-10-13/h5-7,10,15H,4,8-9,11-12H2,1-3H3. The second-order valence-electron chi connectivity index (χ2n) is 4.76. The van der Waals surface area contributed by atoms with Crippen LogP contribution in [0.2, 0.25) is 0 Å². The van der Waals surface area contributed by atoms with Crippen molar-refractivity contribution in [2.24, 2.45) is 0 Å². The molecule has 0 unspecified atom stereocenters. The maximum Gasteiger partial charge on any atom is 0.236 e. The Kier molecular flexibility index (Phi) is 7.07. The van der Waals surface area contributed by atoms with E-state index in [1.165, 1.54) is 0 Å². The number of nitrogens with zero attached hydrogens (tertiary/aromatic N) is 3. The molecule has 0 atom stereocenters. The Balaban J connectivity index is 2.60. The lowest BCUT2D eigenvalue weighted by Gasteiger charge is -2.24. The highest BCUT2D eigenvalue weighted by atomic mass is 16.2. The average Bonchev–Trinajstić information content (AvgIpc) is 2.41. The number of nitrogens with one attached hydrogen (secondary N) is 1. The van der Waals surface area contributed by atoms with Crippen LogP contribution < -0.4 is 5.32 Å². The van der Waals surface area contributed by atoms with Crippen LogP contribution in [0.25, 0.3) is 0 Å². The van der Waals surface area contributed by atoms with Gasteiger partial charge in [-0.15, -0.1) is 0 Å². The molecule has 0 saturated carbocycles. The summed E-state index contributed by atoms with van der Waals surface area (Å²) in [5.74, 6) is 0.132. The molecule has 0 aliphatic carbocycles. The molecule has 5 heteroatoms. The van der Waals surface area contributed by atoms with Gasteiger partial charge in [0.05, 0.1) is 6.54 Å². The molecule has 1 heterocycles. The highest BCUT2D eigenvalue weighted by Gasteiger charge is 2.13. The maximum absolute atomic E-state index is 12.1. The summed E-state index contributed by atoms with van der Waals surface area (Å²) in [5, 5.41) is 3.08. The zero-order chi connectivity index (χ0) is 14.1. The van der Waals surface area contributed by atoms with E-state index in [1.807, 2.05) is 44.2 Å². The van der Waals surface area contributed by atoms with Gasteiger partial charge < -0.3 is 15.1 Å². The van der Waals surface area contributed by atoms with Crippen LogP contribution in [0.1, 0.15) is 12.5 Å². The van der Waals surface area contributed by atoms with Crippen molar-refractivity contribution in [1.29, 1.82) is 0 Å². The van der Waals surface area contributed by atoms with Crippen LogP contribution in [0.15, 0.2) is 24.5 Å². The van der Waals surface area contributed by atoms with Crippen molar-refractivity contribution in [3.63, 3.8) is 0 Å². The molecule has 1 aromatic rings. The first kappa shape index (κ1) is 15.6. The smallest absolute Gasteiger partial charge is 0.236 e. The monoisotopic (exact) mass is 264 g/mol. The molecule has 1 aromatic heterocycles. The van der Waals surface area contributed by atoms with Gasteiger partial charge in [-0.2, -0.15) is 0 Å². The third-order valence-electron chi connectivity index (χ3n) is 2.79. The molecule has 1 N–H and O–H groups in total. The van der Waals surface area contributed by atoms with E-state index in [0.29, 0.717) is 13.1 Å². The Labute approximate surface area is 115 Å². The normalized spacial score (nSPS) is 10.7. The minimum atomic E-state index is 0.132. The topological polar surface area (TPSA) is 48.5 Å². The zero-order valence-corrected chi connectivity index (χ0v) is 12.1. The van der Waals surface area contributed by atoms with E-state index in [-0.39, 0.29) is 5.91 Å². The van der Waals surface area contributed by atoms with Gasteiger partial charge in [0.25, 0.3) is 0 Å². The van der Waals surface area contributed by atoms with Gasteiger partial charge in [-0.3, -0.25) is 9.78 Å². The van der Waals surface area contributed by atoms with Crippen LogP contribution in [0.4, 0.5) is 0 Å². The van der Waals surface area contributed by atoms with Gasteiger partial charge >= 0.3 is 0 Å². The van der Waals surface area contributed by atoms with Crippen LogP contribution >= 0.6 is 0 Å². The Hall–Kier alpha value is -1.46. The van der Waals surface area contributed by atoms with Crippen molar-refractivity contribution in [1.82, 2.24) is 20.1 Å². The summed E-state index contributed by atoms with van der Waals surface area (Å²) in [6.45, 7) is 5.40. The summed E-state index contributed by atoms with van der Waals surface area (Å²) >= 11 is 0. The van der Waals surface area contributed by atoms with E-state index in [9.17, 15) is 4.79 Å². The third-order valence-corrected chi connectivity index (χ3v) is 2.79. The molecule has 0 aliphatic rings. The first-order valence-corrected chi connectivity index (χ1v) is 6.65. The molecule has 1 rings (SSSR count). The van der Waals surface area contributed by atoms with Crippen LogP contribution in [0, 0.1) is 0 Å². The fraction of sp³-hybridized carbons (Fsp3) is 0.571. The number of rotatable bonds is 8. The molecule has 1 amide bonds. The molecular weight excluding hydrogens is 240 g/mol.